The predicted octanol–water partition coefficient (Wildman–Crippen LogP) is 4.60. The van der Waals surface area contributed by atoms with E-state index in [1.54, 1.807) is 0 Å². The summed E-state index contributed by atoms with van der Waals surface area (Å²) in [4.78, 5) is 0. The van der Waals surface area contributed by atoms with Gasteiger partial charge < -0.3 is 14.0 Å². The van der Waals surface area contributed by atoms with Crippen LogP contribution in [0.15, 0.2) is 24.3 Å². The highest BCUT2D eigenvalue weighted by molar-refractivity contribution is 7.99. The second-order valence-corrected chi connectivity index (χ2v) is 9.39. The number of ether oxygens (including phenoxy) is 2. The third kappa shape index (κ3) is 10.1. The minimum atomic E-state index is 0.200. The van der Waals surface area contributed by atoms with Gasteiger partial charge in [-0.25, -0.2) is 0 Å². The molecule has 0 atom stereocenters. The molecule has 0 aromatic heterocycles. The standard InChI is InChI=1S/C21H38NO2S/c1-7-8-17-25-18-21(2,3)19-9-11-20(12-10-19)24-16-15-23-14-13-22(4,5)6/h9-12H,7-8,13-18H2,1-6H3/q+1. The average Bonchev–Trinajstić information content (AvgIpc) is 2.54. The van der Waals surface area contributed by atoms with E-state index in [0.29, 0.717) is 13.2 Å². The molecule has 0 unspecified atom stereocenters. The van der Waals surface area contributed by atoms with Crippen LogP contribution < -0.4 is 4.74 Å². The lowest BCUT2D eigenvalue weighted by molar-refractivity contribution is -0.870. The van der Waals surface area contributed by atoms with Gasteiger partial charge in [0.15, 0.2) is 0 Å². The SMILES string of the molecule is CCCCSCC(C)(C)c1ccc(OCCOCC[N+](C)(C)C)cc1. The van der Waals surface area contributed by atoms with Crippen molar-refractivity contribution in [2.75, 3.05) is 59.0 Å². The number of hydrogen-bond donors (Lipinski definition) is 0. The van der Waals surface area contributed by atoms with Gasteiger partial charge in [0.05, 0.1) is 34.4 Å². The Kier molecular flexibility index (Phi) is 9.91. The number of rotatable bonds is 13. The Labute approximate surface area is 159 Å². The molecule has 0 saturated heterocycles. The van der Waals surface area contributed by atoms with E-state index >= 15 is 0 Å². The Morgan fingerprint density at radius 1 is 1.00 bits per heavy atom. The molecule has 1 aromatic rings. The zero-order chi connectivity index (χ0) is 18.8. The van der Waals surface area contributed by atoms with Crippen LogP contribution in [0.1, 0.15) is 39.2 Å². The van der Waals surface area contributed by atoms with Crippen molar-refractivity contribution in [3.8, 4) is 5.75 Å². The fourth-order valence-corrected chi connectivity index (χ4v) is 3.63. The van der Waals surface area contributed by atoms with Gasteiger partial charge in [0, 0.05) is 5.75 Å². The molecule has 1 aromatic carbocycles. The van der Waals surface area contributed by atoms with Crippen molar-refractivity contribution in [1.82, 2.24) is 0 Å². The molecule has 0 aliphatic heterocycles. The summed E-state index contributed by atoms with van der Waals surface area (Å²) in [6.45, 7) is 9.93. The van der Waals surface area contributed by atoms with Crippen molar-refractivity contribution >= 4 is 11.8 Å². The van der Waals surface area contributed by atoms with Gasteiger partial charge >= 0.3 is 0 Å². The van der Waals surface area contributed by atoms with E-state index < -0.39 is 0 Å². The zero-order valence-corrected chi connectivity index (χ0v) is 18.0. The van der Waals surface area contributed by atoms with Gasteiger partial charge in [0.25, 0.3) is 0 Å². The number of thioether (sulfide) groups is 1. The number of unbranched alkanes of at least 4 members (excludes halogenated alkanes) is 1. The maximum absolute atomic E-state index is 5.78. The number of quaternary nitrogens is 1. The van der Waals surface area contributed by atoms with E-state index in [9.17, 15) is 0 Å². The molecule has 0 fully saturated rings. The molecule has 0 amide bonds. The van der Waals surface area contributed by atoms with Gasteiger partial charge in [-0.05, 0) is 35.3 Å². The average molecular weight is 369 g/mol. The van der Waals surface area contributed by atoms with Crippen molar-refractivity contribution in [3.63, 3.8) is 0 Å². The van der Waals surface area contributed by atoms with Crippen LogP contribution in [-0.4, -0.2) is 63.5 Å². The fourth-order valence-electron chi connectivity index (χ4n) is 2.32. The molecule has 0 aliphatic rings. The zero-order valence-electron chi connectivity index (χ0n) is 17.1. The number of benzene rings is 1. The molecular weight excluding hydrogens is 330 g/mol. The Balaban J connectivity index is 2.30. The highest BCUT2D eigenvalue weighted by Crippen LogP contribution is 2.29. The normalized spacial score (nSPS) is 12.4. The smallest absolute Gasteiger partial charge is 0.119 e. The molecule has 0 N–H and O–H groups in total. The Bertz CT molecular complexity index is 466. The maximum Gasteiger partial charge on any atom is 0.119 e. The summed E-state index contributed by atoms with van der Waals surface area (Å²) in [5.74, 6) is 3.34. The van der Waals surface area contributed by atoms with Gasteiger partial charge in [-0.15, -0.1) is 0 Å². The van der Waals surface area contributed by atoms with Crippen LogP contribution in [-0.2, 0) is 10.2 Å². The summed E-state index contributed by atoms with van der Waals surface area (Å²) in [6.07, 6.45) is 2.59. The lowest BCUT2D eigenvalue weighted by Gasteiger charge is -2.25. The second-order valence-electron chi connectivity index (χ2n) is 8.29. The Morgan fingerprint density at radius 2 is 1.68 bits per heavy atom. The van der Waals surface area contributed by atoms with Gasteiger partial charge in [0.2, 0.25) is 0 Å². The molecule has 4 heteroatoms. The monoisotopic (exact) mass is 368 g/mol. The lowest BCUT2D eigenvalue weighted by atomic mass is 9.87. The summed E-state index contributed by atoms with van der Waals surface area (Å²) in [5.41, 5.74) is 1.58. The first-order valence-electron chi connectivity index (χ1n) is 9.44. The van der Waals surface area contributed by atoms with Crippen LogP contribution in [0.2, 0.25) is 0 Å². The second kappa shape index (κ2) is 11.1. The van der Waals surface area contributed by atoms with Crippen LogP contribution in [0.4, 0.5) is 0 Å². The Hall–Kier alpha value is -0.710. The van der Waals surface area contributed by atoms with Gasteiger partial charge in [-0.2, -0.15) is 11.8 Å². The minimum Gasteiger partial charge on any atom is -0.491 e. The van der Waals surface area contributed by atoms with E-state index in [0.717, 1.165) is 29.1 Å². The van der Waals surface area contributed by atoms with Crippen LogP contribution in [0.5, 0.6) is 5.75 Å². The minimum absolute atomic E-state index is 0.200. The molecule has 0 heterocycles. The molecule has 1 rings (SSSR count). The van der Waals surface area contributed by atoms with Crippen LogP contribution >= 0.6 is 11.8 Å². The van der Waals surface area contributed by atoms with E-state index in [1.165, 1.54) is 24.2 Å². The third-order valence-electron chi connectivity index (χ3n) is 4.14. The number of nitrogens with zero attached hydrogens (tertiary/aromatic N) is 1. The summed E-state index contributed by atoms with van der Waals surface area (Å²) in [7, 11) is 6.52. The van der Waals surface area contributed by atoms with Crippen molar-refractivity contribution in [2.24, 2.45) is 0 Å². The van der Waals surface area contributed by atoms with E-state index in [1.807, 2.05) is 0 Å². The van der Waals surface area contributed by atoms with Crippen LogP contribution in [0.25, 0.3) is 0 Å². The quantitative estimate of drug-likeness (QED) is 0.374. The summed E-state index contributed by atoms with van der Waals surface area (Å²) in [6, 6.07) is 8.57. The molecule has 3 nitrogen and oxygen atoms in total. The molecule has 144 valence electrons. The first-order chi connectivity index (χ1) is 11.7. The van der Waals surface area contributed by atoms with Crippen molar-refractivity contribution < 1.29 is 14.0 Å². The van der Waals surface area contributed by atoms with Crippen molar-refractivity contribution in [3.05, 3.63) is 29.8 Å². The van der Waals surface area contributed by atoms with E-state index in [4.69, 9.17) is 9.47 Å². The van der Waals surface area contributed by atoms with Gasteiger partial charge in [-0.3, -0.25) is 0 Å². The van der Waals surface area contributed by atoms with Gasteiger partial charge in [0.1, 0.15) is 18.9 Å². The number of likely N-dealkylation sites (N-methyl/N-ethyl adjacent to an activating group) is 1. The topological polar surface area (TPSA) is 18.5 Å². The highest BCUT2D eigenvalue weighted by atomic mass is 32.2. The molecule has 0 saturated carbocycles. The van der Waals surface area contributed by atoms with Crippen LogP contribution in [0, 0.1) is 0 Å². The highest BCUT2D eigenvalue weighted by Gasteiger charge is 2.20. The van der Waals surface area contributed by atoms with Crippen LogP contribution in [0.3, 0.4) is 0 Å². The molecule has 0 bridgehead atoms. The maximum atomic E-state index is 5.78. The summed E-state index contributed by atoms with van der Waals surface area (Å²) >= 11 is 2.06. The molecule has 0 spiro atoms. The van der Waals surface area contributed by atoms with Crippen molar-refractivity contribution in [2.45, 2.75) is 39.0 Å². The van der Waals surface area contributed by atoms with E-state index in [2.05, 4.69) is 77.9 Å². The first-order valence-corrected chi connectivity index (χ1v) is 10.6. The first kappa shape index (κ1) is 22.3. The largest absolute Gasteiger partial charge is 0.491 e. The predicted molar refractivity (Wildman–Crippen MR) is 111 cm³/mol. The third-order valence-corrected chi connectivity index (χ3v) is 5.65. The molecule has 0 radical (unpaired) electrons. The molecule has 0 aliphatic carbocycles. The fraction of sp³-hybridized carbons (Fsp3) is 0.714. The molecule has 25 heavy (non-hydrogen) atoms. The van der Waals surface area contributed by atoms with Crippen molar-refractivity contribution in [1.29, 1.82) is 0 Å². The summed E-state index contributed by atoms with van der Waals surface area (Å²) < 4.78 is 12.3. The van der Waals surface area contributed by atoms with E-state index in [-0.39, 0.29) is 5.41 Å². The lowest BCUT2D eigenvalue weighted by Crippen LogP contribution is -2.37. The summed E-state index contributed by atoms with van der Waals surface area (Å²) in [5, 5.41) is 0. The van der Waals surface area contributed by atoms with Gasteiger partial charge in [-0.1, -0.05) is 39.3 Å². The Morgan fingerprint density at radius 3 is 2.28 bits per heavy atom. The number of hydrogen-bond acceptors (Lipinski definition) is 3. The molecular formula is C21H38NO2S+.